The summed E-state index contributed by atoms with van der Waals surface area (Å²) < 4.78 is 38.6. The summed E-state index contributed by atoms with van der Waals surface area (Å²) in [5, 5.41) is 2.96. The van der Waals surface area contributed by atoms with Crippen LogP contribution in [0.5, 0.6) is 0 Å². The third kappa shape index (κ3) is 4.85. The molecule has 0 saturated heterocycles. The molecule has 0 aromatic carbocycles. The van der Waals surface area contributed by atoms with Gasteiger partial charge in [-0.2, -0.15) is 0 Å². The van der Waals surface area contributed by atoms with Crippen LogP contribution in [0, 0.1) is 13.8 Å². The van der Waals surface area contributed by atoms with Crippen molar-refractivity contribution < 1.29 is 12.8 Å². The van der Waals surface area contributed by atoms with E-state index in [9.17, 15) is 17.6 Å². The van der Waals surface area contributed by atoms with E-state index in [1.54, 1.807) is 19.9 Å². The smallest absolute Gasteiger partial charge is 0.295 e. The van der Waals surface area contributed by atoms with Gasteiger partial charge in [-0.3, -0.25) is 14.3 Å². The van der Waals surface area contributed by atoms with Gasteiger partial charge in [0, 0.05) is 18.4 Å². The van der Waals surface area contributed by atoms with E-state index >= 15 is 0 Å². The molecule has 1 atom stereocenters. The molecule has 0 bridgehead atoms. The molecular formula is C25H27FN8O3S. The first-order chi connectivity index (χ1) is 18.1. The molecule has 5 rings (SSSR count). The minimum atomic E-state index is -3.38. The minimum Gasteiger partial charge on any atom is -0.360 e. The summed E-state index contributed by atoms with van der Waals surface area (Å²) in [6.45, 7) is 4.54. The zero-order chi connectivity index (χ0) is 27.2. The number of halogens is 1. The Kier molecular flexibility index (Phi) is 6.63. The van der Waals surface area contributed by atoms with Crippen LogP contribution in [0.3, 0.4) is 0 Å². The number of rotatable bonds is 8. The average molecular weight is 539 g/mol. The number of pyridine rings is 1. The molecule has 0 aliphatic heterocycles. The molecule has 1 fully saturated rings. The summed E-state index contributed by atoms with van der Waals surface area (Å²) >= 11 is 0. The van der Waals surface area contributed by atoms with Gasteiger partial charge in [0.05, 0.1) is 45.8 Å². The second kappa shape index (κ2) is 9.78. The SMILES string of the molecule is Cc1ncnc(C2CC2)c1-c1nc(C)c2nc(NCc3ccc(S(C)(=O)=O)cn3)c(=O)n([C@@H](C)CF)c2n1. The number of anilines is 1. The van der Waals surface area contributed by atoms with Crippen LogP contribution in [-0.2, 0) is 16.4 Å². The number of sulfone groups is 1. The van der Waals surface area contributed by atoms with E-state index in [4.69, 9.17) is 9.97 Å². The van der Waals surface area contributed by atoms with Crippen molar-refractivity contribution in [2.45, 2.75) is 57.0 Å². The van der Waals surface area contributed by atoms with E-state index in [0.29, 0.717) is 28.6 Å². The summed E-state index contributed by atoms with van der Waals surface area (Å²) in [4.78, 5) is 40.4. The van der Waals surface area contributed by atoms with Gasteiger partial charge in [0.25, 0.3) is 5.56 Å². The number of alkyl halides is 1. The summed E-state index contributed by atoms with van der Waals surface area (Å²) in [5.41, 5.74) is 3.42. The molecule has 4 aromatic rings. The van der Waals surface area contributed by atoms with Gasteiger partial charge in [-0.25, -0.2) is 37.7 Å². The molecule has 0 unspecified atom stereocenters. The maximum absolute atomic E-state index is 13.9. The molecule has 0 spiro atoms. The lowest BCUT2D eigenvalue weighted by molar-refractivity contribution is 0.376. The third-order valence-corrected chi connectivity index (χ3v) is 7.59. The Bertz CT molecular complexity index is 1700. The lowest BCUT2D eigenvalue weighted by atomic mass is 10.1. The monoisotopic (exact) mass is 538 g/mol. The van der Waals surface area contributed by atoms with Gasteiger partial charge in [-0.05, 0) is 45.7 Å². The molecule has 38 heavy (non-hydrogen) atoms. The Morgan fingerprint density at radius 3 is 2.50 bits per heavy atom. The molecule has 1 aliphatic carbocycles. The Morgan fingerprint density at radius 1 is 1.11 bits per heavy atom. The number of nitrogens with one attached hydrogen (secondary N) is 1. The van der Waals surface area contributed by atoms with Crippen molar-refractivity contribution in [3.8, 4) is 11.4 Å². The van der Waals surface area contributed by atoms with E-state index in [-0.39, 0.29) is 22.9 Å². The van der Waals surface area contributed by atoms with Crippen LogP contribution < -0.4 is 10.9 Å². The van der Waals surface area contributed by atoms with E-state index in [0.717, 1.165) is 36.0 Å². The molecule has 1 saturated carbocycles. The van der Waals surface area contributed by atoms with Crippen LogP contribution in [0.1, 0.15) is 54.5 Å². The number of aryl methyl sites for hydroxylation is 2. The second-order valence-corrected chi connectivity index (χ2v) is 11.6. The predicted octanol–water partition coefficient (Wildman–Crippen LogP) is 3.08. The molecule has 4 aromatic heterocycles. The zero-order valence-electron chi connectivity index (χ0n) is 21.4. The van der Waals surface area contributed by atoms with Crippen LogP contribution >= 0.6 is 0 Å². The quantitative estimate of drug-likeness (QED) is 0.355. The number of aromatic nitrogens is 7. The van der Waals surface area contributed by atoms with Crippen molar-refractivity contribution in [3.05, 3.63) is 57.8 Å². The van der Waals surface area contributed by atoms with E-state index in [1.807, 2.05) is 6.92 Å². The van der Waals surface area contributed by atoms with Gasteiger partial charge in [0.1, 0.15) is 18.5 Å². The number of hydrogen-bond donors (Lipinski definition) is 1. The largest absolute Gasteiger partial charge is 0.360 e. The Hall–Kier alpha value is -3.87. The highest BCUT2D eigenvalue weighted by Crippen LogP contribution is 2.43. The first kappa shape index (κ1) is 25.8. The van der Waals surface area contributed by atoms with Crippen LogP contribution in [0.4, 0.5) is 10.2 Å². The van der Waals surface area contributed by atoms with Crippen molar-refractivity contribution in [2.75, 3.05) is 18.2 Å². The Labute approximate surface area is 218 Å². The maximum atomic E-state index is 13.9. The highest BCUT2D eigenvalue weighted by Gasteiger charge is 2.31. The molecular weight excluding hydrogens is 511 g/mol. The number of hydrogen-bond acceptors (Lipinski definition) is 10. The topological polar surface area (TPSA) is 146 Å². The van der Waals surface area contributed by atoms with Crippen molar-refractivity contribution in [1.82, 2.24) is 34.5 Å². The summed E-state index contributed by atoms with van der Waals surface area (Å²) in [5.74, 6) is 0.694. The van der Waals surface area contributed by atoms with Crippen LogP contribution in [0.2, 0.25) is 0 Å². The van der Waals surface area contributed by atoms with Gasteiger partial charge in [0.2, 0.25) is 0 Å². The van der Waals surface area contributed by atoms with Gasteiger partial charge in [0.15, 0.2) is 27.1 Å². The lowest BCUT2D eigenvalue weighted by Gasteiger charge is -2.18. The molecule has 1 aliphatic rings. The average Bonchev–Trinajstić information content (AvgIpc) is 3.72. The lowest BCUT2D eigenvalue weighted by Crippen LogP contribution is -2.29. The minimum absolute atomic E-state index is 0.0101. The highest BCUT2D eigenvalue weighted by molar-refractivity contribution is 7.90. The van der Waals surface area contributed by atoms with Gasteiger partial charge < -0.3 is 5.32 Å². The van der Waals surface area contributed by atoms with Crippen molar-refractivity contribution in [1.29, 1.82) is 0 Å². The third-order valence-electron chi connectivity index (χ3n) is 6.49. The second-order valence-electron chi connectivity index (χ2n) is 9.55. The number of fused-ring (bicyclic) bond motifs is 1. The van der Waals surface area contributed by atoms with Crippen LogP contribution in [0.15, 0.2) is 34.3 Å². The van der Waals surface area contributed by atoms with E-state index < -0.39 is 28.1 Å². The summed E-state index contributed by atoms with van der Waals surface area (Å²) in [6.07, 6.45) is 5.95. The first-order valence-corrected chi connectivity index (χ1v) is 14.0. The van der Waals surface area contributed by atoms with Gasteiger partial charge in [-0.15, -0.1) is 0 Å². The molecule has 0 amide bonds. The first-order valence-electron chi connectivity index (χ1n) is 12.2. The fourth-order valence-corrected chi connectivity index (χ4v) is 4.83. The Morgan fingerprint density at radius 2 is 1.87 bits per heavy atom. The van der Waals surface area contributed by atoms with Crippen molar-refractivity contribution in [2.24, 2.45) is 0 Å². The fourth-order valence-electron chi connectivity index (χ4n) is 4.27. The summed E-state index contributed by atoms with van der Waals surface area (Å²) in [6, 6.07) is 2.19. The molecule has 0 radical (unpaired) electrons. The van der Waals surface area contributed by atoms with E-state index in [1.165, 1.54) is 23.2 Å². The van der Waals surface area contributed by atoms with Crippen molar-refractivity contribution in [3.63, 3.8) is 0 Å². The van der Waals surface area contributed by atoms with Crippen LogP contribution in [0.25, 0.3) is 22.6 Å². The normalized spacial score (nSPS) is 14.6. The predicted molar refractivity (Wildman–Crippen MR) is 139 cm³/mol. The van der Waals surface area contributed by atoms with Gasteiger partial charge in [-0.1, -0.05) is 0 Å². The zero-order valence-corrected chi connectivity index (χ0v) is 22.3. The standard InChI is InChI=1S/C25H27FN8O3S/c1-13(9-26)34-24-20(15(3)31-22(33-24)19-14(2)29-12-30-21(19)16-5-6-16)32-23(25(34)35)28-10-17-7-8-18(11-27-17)38(4,36)37/h7-8,11-13,16H,5-6,9-10H2,1-4H3,(H,28,32)/t13-/m0/s1. The molecule has 13 heteroatoms. The number of nitrogens with zero attached hydrogens (tertiary/aromatic N) is 7. The van der Waals surface area contributed by atoms with Gasteiger partial charge >= 0.3 is 0 Å². The molecule has 11 nitrogen and oxygen atoms in total. The Balaban J connectivity index is 1.59. The molecule has 1 N–H and O–H groups in total. The van der Waals surface area contributed by atoms with Crippen LogP contribution in [-0.4, -0.2) is 55.8 Å². The van der Waals surface area contributed by atoms with E-state index in [2.05, 4.69) is 25.3 Å². The molecule has 198 valence electrons. The van der Waals surface area contributed by atoms with Crippen molar-refractivity contribution >= 4 is 26.8 Å². The maximum Gasteiger partial charge on any atom is 0.295 e. The summed E-state index contributed by atoms with van der Waals surface area (Å²) in [7, 11) is -3.38. The molecule has 4 heterocycles. The highest BCUT2D eigenvalue weighted by atomic mass is 32.2. The fraction of sp³-hybridized carbons (Fsp3) is 0.400.